The van der Waals surface area contributed by atoms with E-state index in [2.05, 4.69) is 34.9 Å². The molecule has 2 N–H and O–H groups in total. The second-order valence-electron chi connectivity index (χ2n) is 7.13. The van der Waals surface area contributed by atoms with Crippen LogP contribution >= 0.6 is 24.0 Å². The average molecular weight is 565 g/mol. The SMILES string of the molecule is CCNC(=NCc1cc(OC)c(OC)c(OC)c1)NCc1ccc2cc(OC)ccc2c1.I. The maximum Gasteiger partial charge on any atom is 0.203 e. The highest BCUT2D eigenvalue weighted by Crippen LogP contribution is 2.38. The Labute approximate surface area is 212 Å². The van der Waals surface area contributed by atoms with E-state index in [-0.39, 0.29) is 24.0 Å². The number of rotatable bonds is 9. The zero-order valence-corrected chi connectivity index (χ0v) is 22.1. The molecule has 0 bridgehead atoms. The largest absolute Gasteiger partial charge is 0.497 e. The van der Waals surface area contributed by atoms with Crippen LogP contribution in [0, 0.1) is 0 Å². The lowest BCUT2D eigenvalue weighted by Gasteiger charge is -2.14. The van der Waals surface area contributed by atoms with Crippen molar-refractivity contribution in [2.24, 2.45) is 4.99 Å². The summed E-state index contributed by atoms with van der Waals surface area (Å²) >= 11 is 0. The third kappa shape index (κ3) is 6.80. The first kappa shape index (κ1) is 26.4. The van der Waals surface area contributed by atoms with Crippen LogP contribution < -0.4 is 29.6 Å². The molecule has 0 radical (unpaired) electrons. The highest BCUT2D eigenvalue weighted by atomic mass is 127. The van der Waals surface area contributed by atoms with Gasteiger partial charge in [-0.25, -0.2) is 4.99 Å². The van der Waals surface area contributed by atoms with Crippen LogP contribution in [0.4, 0.5) is 0 Å². The molecule has 0 aliphatic carbocycles. The van der Waals surface area contributed by atoms with E-state index in [4.69, 9.17) is 23.9 Å². The Hall–Kier alpha value is -2.88. The first-order valence-electron chi connectivity index (χ1n) is 10.5. The van der Waals surface area contributed by atoms with Crippen molar-refractivity contribution in [2.75, 3.05) is 35.0 Å². The number of halogens is 1. The lowest BCUT2D eigenvalue weighted by molar-refractivity contribution is 0.324. The molecule has 178 valence electrons. The van der Waals surface area contributed by atoms with Crippen LogP contribution in [0.3, 0.4) is 0 Å². The van der Waals surface area contributed by atoms with Gasteiger partial charge >= 0.3 is 0 Å². The molecule has 3 aromatic rings. The second-order valence-corrected chi connectivity index (χ2v) is 7.13. The highest BCUT2D eigenvalue weighted by Gasteiger charge is 2.13. The maximum atomic E-state index is 5.44. The van der Waals surface area contributed by atoms with Crippen LogP contribution in [0.15, 0.2) is 53.5 Å². The van der Waals surface area contributed by atoms with E-state index < -0.39 is 0 Å². The third-order valence-corrected chi connectivity index (χ3v) is 5.06. The van der Waals surface area contributed by atoms with Crippen molar-refractivity contribution >= 4 is 40.7 Å². The summed E-state index contributed by atoms with van der Waals surface area (Å²) in [4.78, 5) is 4.72. The van der Waals surface area contributed by atoms with Gasteiger partial charge in [-0.15, -0.1) is 24.0 Å². The third-order valence-electron chi connectivity index (χ3n) is 5.06. The van der Waals surface area contributed by atoms with Crippen molar-refractivity contribution in [3.63, 3.8) is 0 Å². The fourth-order valence-corrected chi connectivity index (χ4v) is 3.43. The van der Waals surface area contributed by atoms with Crippen molar-refractivity contribution in [1.29, 1.82) is 0 Å². The number of fused-ring (bicyclic) bond motifs is 1. The number of hydrogen-bond acceptors (Lipinski definition) is 5. The molecule has 0 amide bonds. The molecule has 0 saturated carbocycles. The first-order chi connectivity index (χ1) is 15.6. The molecule has 0 spiro atoms. The zero-order chi connectivity index (χ0) is 22.9. The Kier molecular flexibility index (Phi) is 10.4. The smallest absolute Gasteiger partial charge is 0.203 e. The monoisotopic (exact) mass is 565 g/mol. The highest BCUT2D eigenvalue weighted by molar-refractivity contribution is 14.0. The van der Waals surface area contributed by atoms with E-state index in [0.29, 0.717) is 30.3 Å². The van der Waals surface area contributed by atoms with Crippen molar-refractivity contribution < 1.29 is 18.9 Å². The fraction of sp³-hybridized carbons (Fsp3) is 0.320. The minimum absolute atomic E-state index is 0. The van der Waals surface area contributed by atoms with Crippen LogP contribution in [0.2, 0.25) is 0 Å². The zero-order valence-electron chi connectivity index (χ0n) is 19.7. The summed E-state index contributed by atoms with van der Waals surface area (Å²) in [6.45, 7) is 3.92. The van der Waals surface area contributed by atoms with Gasteiger partial charge in [-0.3, -0.25) is 0 Å². The second kappa shape index (κ2) is 13.0. The molecule has 8 heteroatoms. The molecule has 0 saturated heterocycles. The predicted octanol–water partition coefficient (Wildman–Crippen LogP) is 4.75. The van der Waals surface area contributed by atoms with Crippen LogP contribution in [0.5, 0.6) is 23.0 Å². The Morgan fingerprint density at radius 3 is 2.03 bits per heavy atom. The van der Waals surface area contributed by atoms with Crippen LogP contribution in [0.25, 0.3) is 10.8 Å². The Balaban J connectivity index is 0.00000385. The summed E-state index contributed by atoms with van der Waals surface area (Å²) in [7, 11) is 6.49. The fourth-order valence-electron chi connectivity index (χ4n) is 3.43. The molecule has 0 heterocycles. The molecule has 3 rings (SSSR count). The molecule has 0 atom stereocenters. The number of benzene rings is 3. The molecule has 0 unspecified atom stereocenters. The molecule has 0 fully saturated rings. The number of methoxy groups -OCH3 is 4. The van der Waals surface area contributed by atoms with E-state index in [1.165, 1.54) is 10.9 Å². The van der Waals surface area contributed by atoms with Gasteiger partial charge < -0.3 is 29.6 Å². The molecule has 0 aliphatic rings. The Morgan fingerprint density at radius 2 is 1.42 bits per heavy atom. The summed E-state index contributed by atoms with van der Waals surface area (Å²) in [5.41, 5.74) is 2.12. The molecular formula is C25H32IN3O4. The summed E-state index contributed by atoms with van der Waals surface area (Å²) in [6, 6.07) is 16.3. The molecule has 3 aromatic carbocycles. The normalized spacial score (nSPS) is 10.9. The standard InChI is InChI=1S/C25H31N3O4.HI/c1-6-26-25(28-16-18-12-22(30-3)24(32-5)23(13-18)31-4)27-15-17-7-8-20-14-21(29-2)10-9-19(20)11-17;/h7-14H,6,15-16H2,1-5H3,(H2,26,27,28);1H. The lowest BCUT2D eigenvalue weighted by atomic mass is 10.1. The average Bonchev–Trinajstić information content (AvgIpc) is 2.84. The van der Waals surface area contributed by atoms with Gasteiger partial charge in [0.2, 0.25) is 5.75 Å². The maximum absolute atomic E-state index is 5.44. The van der Waals surface area contributed by atoms with E-state index in [1.807, 2.05) is 31.2 Å². The summed E-state index contributed by atoms with van der Waals surface area (Å²) in [6.07, 6.45) is 0. The number of ether oxygens (including phenoxy) is 4. The topological polar surface area (TPSA) is 73.3 Å². The number of aliphatic imine (C=N–C) groups is 1. The number of guanidine groups is 1. The quantitative estimate of drug-likeness (QED) is 0.222. The van der Waals surface area contributed by atoms with Gasteiger partial charge in [0.1, 0.15) is 5.75 Å². The van der Waals surface area contributed by atoms with Crippen LogP contribution in [-0.4, -0.2) is 40.9 Å². The molecule has 0 aromatic heterocycles. The molecule has 0 aliphatic heterocycles. The van der Waals surface area contributed by atoms with Gasteiger partial charge in [0.15, 0.2) is 17.5 Å². The van der Waals surface area contributed by atoms with Crippen LogP contribution in [-0.2, 0) is 13.1 Å². The van der Waals surface area contributed by atoms with E-state index >= 15 is 0 Å². The number of hydrogen-bond donors (Lipinski definition) is 2. The van der Waals surface area contributed by atoms with E-state index in [9.17, 15) is 0 Å². The minimum Gasteiger partial charge on any atom is -0.497 e. The number of nitrogens with one attached hydrogen (secondary N) is 2. The van der Waals surface area contributed by atoms with Crippen molar-refractivity contribution in [3.8, 4) is 23.0 Å². The van der Waals surface area contributed by atoms with E-state index in [1.54, 1.807) is 28.4 Å². The first-order valence-corrected chi connectivity index (χ1v) is 10.5. The van der Waals surface area contributed by atoms with Gasteiger partial charge in [0, 0.05) is 13.1 Å². The summed E-state index contributed by atoms with van der Waals surface area (Å²) in [5, 5.41) is 9.01. The summed E-state index contributed by atoms with van der Waals surface area (Å²) < 4.78 is 21.6. The molecule has 33 heavy (non-hydrogen) atoms. The van der Waals surface area contributed by atoms with Gasteiger partial charge in [0.05, 0.1) is 35.0 Å². The van der Waals surface area contributed by atoms with Crippen molar-refractivity contribution in [1.82, 2.24) is 10.6 Å². The Morgan fingerprint density at radius 1 is 0.758 bits per heavy atom. The van der Waals surface area contributed by atoms with Gasteiger partial charge in [-0.2, -0.15) is 0 Å². The Bertz CT molecular complexity index is 1060. The van der Waals surface area contributed by atoms with Crippen molar-refractivity contribution in [2.45, 2.75) is 20.0 Å². The summed E-state index contributed by atoms with van der Waals surface area (Å²) in [5.74, 6) is 3.39. The predicted molar refractivity (Wildman–Crippen MR) is 144 cm³/mol. The van der Waals surface area contributed by atoms with Gasteiger partial charge in [-0.05, 0) is 59.2 Å². The van der Waals surface area contributed by atoms with Crippen LogP contribution in [0.1, 0.15) is 18.1 Å². The molecule has 7 nitrogen and oxygen atoms in total. The van der Waals surface area contributed by atoms with Gasteiger partial charge in [0.25, 0.3) is 0 Å². The molecular weight excluding hydrogens is 533 g/mol. The number of nitrogens with zero attached hydrogens (tertiary/aromatic N) is 1. The van der Waals surface area contributed by atoms with Gasteiger partial charge in [-0.1, -0.05) is 18.2 Å². The minimum atomic E-state index is 0. The van der Waals surface area contributed by atoms with Crippen molar-refractivity contribution in [3.05, 3.63) is 59.7 Å². The van der Waals surface area contributed by atoms with E-state index in [0.717, 1.165) is 29.2 Å². The lowest BCUT2D eigenvalue weighted by Crippen LogP contribution is -2.36.